The molecule has 0 fully saturated rings. The molecule has 263 valence electrons. The Morgan fingerprint density at radius 2 is 1.59 bits per heavy atom. The Hall–Kier alpha value is -3.97. The predicted octanol–water partition coefficient (Wildman–Crippen LogP) is 11.4. The third kappa shape index (κ3) is 8.09. The standard InChI is InChI=1S/C26H20FN2O.C18H24GeN.Ir/c1-14-10-15(2)24(16(3)11-14)21-12-23(28-13-22(21)27)20-7-5-6-18-19-9-8-17(4)29-26(19)30-25(18)20;1-13(2)16-11-18(15-9-7-14(3)8-10-15)20-12-17(16)19(4,5)6;/h5-6,8-13H,1-4H3;7-9,11-13H,1-6H3;/q2*-1;/i4D3;3D3,13D;. The monoisotopic (exact) mass is 923 g/mol. The van der Waals surface area contributed by atoms with Gasteiger partial charge in [0, 0.05) is 40.9 Å². The van der Waals surface area contributed by atoms with Crippen LogP contribution >= 0.6 is 0 Å². The van der Waals surface area contributed by atoms with Crippen LogP contribution in [0.15, 0.2) is 83.5 Å². The fourth-order valence-electron chi connectivity index (χ4n) is 6.38. The summed E-state index contributed by atoms with van der Waals surface area (Å²) in [4.78, 5) is 13.1. The molecule has 0 aliphatic carbocycles. The molecular weight excluding hydrogens is 870 g/mol. The van der Waals surface area contributed by atoms with Crippen molar-refractivity contribution < 1.29 is 38.5 Å². The quantitative estimate of drug-likeness (QED) is 0.127. The number of pyridine rings is 3. The van der Waals surface area contributed by atoms with E-state index in [-0.39, 0.29) is 37.1 Å². The van der Waals surface area contributed by atoms with Gasteiger partial charge in [0.25, 0.3) is 0 Å². The second kappa shape index (κ2) is 15.3. The van der Waals surface area contributed by atoms with Gasteiger partial charge in [-0.25, -0.2) is 9.37 Å². The summed E-state index contributed by atoms with van der Waals surface area (Å²) in [6.45, 7) is 5.28. The minimum Gasteiger partial charge on any atom is -0.486 e. The first kappa shape index (κ1) is 29.6. The Morgan fingerprint density at radius 3 is 2.24 bits per heavy atom. The first-order chi connectivity index (χ1) is 26.4. The summed E-state index contributed by atoms with van der Waals surface area (Å²) in [5.41, 5.74) is 8.88. The van der Waals surface area contributed by atoms with Crippen molar-refractivity contribution in [3.05, 3.63) is 131 Å². The maximum atomic E-state index is 14.9. The van der Waals surface area contributed by atoms with Crippen LogP contribution in [-0.4, -0.2) is 28.2 Å². The van der Waals surface area contributed by atoms with Crippen LogP contribution in [0, 0.1) is 52.4 Å². The Labute approximate surface area is 327 Å². The van der Waals surface area contributed by atoms with Gasteiger partial charge in [0.15, 0.2) is 0 Å². The zero-order valence-electron chi connectivity index (χ0n) is 37.0. The third-order valence-electron chi connectivity index (χ3n) is 8.70. The van der Waals surface area contributed by atoms with Gasteiger partial charge >= 0.3 is 131 Å². The molecule has 3 aromatic carbocycles. The largest absolute Gasteiger partial charge is 0.486 e. The Kier molecular flexibility index (Phi) is 8.90. The fourth-order valence-corrected chi connectivity index (χ4v) is 9.70. The normalized spacial score (nSPS) is 14.2. The number of fused-ring (bicyclic) bond motifs is 3. The molecule has 0 amide bonds. The number of nitrogens with zero attached hydrogens (tertiary/aromatic N) is 3. The van der Waals surface area contributed by atoms with Gasteiger partial charge < -0.3 is 9.40 Å². The minimum atomic E-state index is -2.33. The van der Waals surface area contributed by atoms with Crippen LogP contribution in [0.1, 0.15) is 62.8 Å². The van der Waals surface area contributed by atoms with E-state index in [0.717, 1.165) is 44.5 Å². The number of hydrogen-bond acceptors (Lipinski definition) is 4. The Balaban J connectivity index is 0.000000229. The summed E-state index contributed by atoms with van der Waals surface area (Å²) < 4.78 is 75.8. The van der Waals surface area contributed by atoms with Crippen molar-refractivity contribution in [1.82, 2.24) is 15.0 Å². The van der Waals surface area contributed by atoms with Crippen LogP contribution in [-0.2, 0) is 20.1 Å². The van der Waals surface area contributed by atoms with Gasteiger partial charge in [0.1, 0.15) is 5.82 Å². The molecule has 4 heterocycles. The van der Waals surface area contributed by atoms with E-state index in [1.54, 1.807) is 30.3 Å². The third-order valence-corrected chi connectivity index (χ3v) is 12.9. The second-order valence-electron chi connectivity index (χ2n) is 13.9. The molecule has 7 heteroatoms. The molecule has 0 N–H and O–H groups in total. The van der Waals surface area contributed by atoms with E-state index in [0.29, 0.717) is 27.8 Å². The van der Waals surface area contributed by atoms with Crippen molar-refractivity contribution in [2.75, 3.05) is 0 Å². The average Bonchev–Trinajstić information content (AvgIpc) is 3.49. The van der Waals surface area contributed by atoms with E-state index in [4.69, 9.17) is 14.0 Å². The van der Waals surface area contributed by atoms with Crippen molar-refractivity contribution in [2.45, 2.75) is 71.5 Å². The SMILES string of the molecule is [2H]C([2H])([2H])c1c[c-]c(-c2cc(C([2H])(C)C)[c]([Ge]([CH3])([CH3])[CH3])cn2)cc1.[2H]C([2H])([2H])c1ccc2c(n1)oc1c(-c3cc(-c4c(C)cc(C)cc4C)c(F)cn3)[c-]ccc12.[Ir]. The Morgan fingerprint density at radius 1 is 0.843 bits per heavy atom. The summed E-state index contributed by atoms with van der Waals surface area (Å²) in [6.07, 6.45) is 3.12. The van der Waals surface area contributed by atoms with Crippen molar-refractivity contribution in [3.8, 4) is 33.6 Å². The molecule has 51 heavy (non-hydrogen) atoms. The van der Waals surface area contributed by atoms with Crippen LogP contribution in [0.25, 0.3) is 55.7 Å². The summed E-state index contributed by atoms with van der Waals surface area (Å²) in [5, 5.41) is 1.46. The molecule has 1 radical (unpaired) electrons. The van der Waals surface area contributed by atoms with E-state index < -0.39 is 38.7 Å². The molecule has 0 atom stereocenters. The molecule has 0 saturated heterocycles. The molecule has 0 aliphatic rings. The fraction of sp³-hybridized carbons (Fsp3) is 0.250. The summed E-state index contributed by atoms with van der Waals surface area (Å²) in [7, 11) is 0. The van der Waals surface area contributed by atoms with Crippen molar-refractivity contribution in [3.63, 3.8) is 0 Å². The second-order valence-corrected chi connectivity index (χ2v) is 24.5. The summed E-state index contributed by atoms with van der Waals surface area (Å²) >= 11 is -2.14. The number of rotatable bonds is 5. The molecule has 0 saturated carbocycles. The minimum absolute atomic E-state index is 0. The Bertz CT molecular complexity index is 2600. The number of aromatic nitrogens is 3. The van der Waals surface area contributed by atoms with Crippen molar-refractivity contribution in [1.29, 1.82) is 0 Å². The van der Waals surface area contributed by atoms with Crippen LogP contribution in [0.2, 0.25) is 17.3 Å². The molecule has 0 unspecified atom stereocenters. The molecule has 0 spiro atoms. The maximum absolute atomic E-state index is 14.9. The van der Waals surface area contributed by atoms with Crippen LogP contribution in [0.5, 0.6) is 0 Å². The first-order valence-corrected chi connectivity index (χ1v) is 23.8. The van der Waals surface area contributed by atoms with Gasteiger partial charge in [-0.15, -0.1) is 18.2 Å². The number of benzene rings is 3. The molecule has 0 aliphatic heterocycles. The average molecular weight is 922 g/mol. The molecule has 0 bridgehead atoms. The summed E-state index contributed by atoms with van der Waals surface area (Å²) in [5.74, 6) is 5.77. The van der Waals surface area contributed by atoms with Crippen LogP contribution in [0.4, 0.5) is 4.39 Å². The van der Waals surface area contributed by atoms with E-state index >= 15 is 0 Å². The van der Waals surface area contributed by atoms with Gasteiger partial charge in [0.2, 0.25) is 5.71 Å². The van der Waals surface area contributed by atoms with Gasteiger partial charge in [-0.3, -0.25) is 0 Å². The van der Waals surface area contributed by atoms with Crippen LogP contribution < -0.4 is 4.40 Å². The molecule has 7 aromatic rings. The number of halogens is 1. The predicted molar refractivity (Wildman–Crippen MR) is 208 cm³/mol. The zero-order valence-corrected chi connectivity index (χ0v) is 34.5. The smallest absolute Gasteiger partial charge is 0.216 e. The van der Waals surface area contributed by atoms with Crippen molar-refractivity contribution in [2.24, 2.45) is 0 Å². The number of furan rings is 1. The van der Waals surface area contributed by atoms with Crippen LogP contribution in [0.3, 0.4) is 0 Å². The van der Waals surface area contributed by atoms with E-state index in [9.17, 15) is 4.39 Å². The first-order valence-electron chi connectivity index (χ1n) is 20.0. The van der Waals surface area contributed by atoms with E-state index in [2.05, 4.69) is 44.4 Å². The number of hydrogen-bond donors (Lipinski definition) is 0. The van der Waals surface area contributed by atoms with Gasteiger partial charge in [-0.1, -0.05) is 34.7 Å². The molecule has 4 aromatic heterocycles. The van der Waals surface area contributed by atoms with Gasteiger partial charge in [-0.05, 0) is 62.1 Å². The maximum Gasteiger partial charge on any atom is 0.216 e. The van der Waals surface area contributed by atoms with E-state index in [1.807, 2.05) is 65.1 Å². The molecular formula is C44H44FGeIrN3O-2. The summed E-state index contributed by atoms with van der Waals surface area (Å²) in [6, 6.07) is 25.5. The van der Waals surface area contributed by atoms with E-state index in [1.165, 1.54) is 22.7 Å². The zero-order chi connectivity index (χ0) is 41.8. The number of aryl methyl sites for hydroxylation is 5. The van der Waals surface area contributed by atoms with Crippen molar-refractivity contribution >= 4 is 39.7 Å². The molecule has 4 nitrogen and oxygen atoms in total. The molecule has 7 rings (SSSR count). The van der Waals surface area contributed by atoms with Gasteiger partial charge in [-0.2, -0.15) is 0 Å². The van der Waals surface area contributed by atoms with Gasteiger partial charge in [0.05, 0.1) is 11.8 Å². The topological polar surface area (TPSA) is 51.8 Å².